The number of methoxy groups -OCH3 is 1. The van der Waals surface area contributed by atoms with E-state index in [4.69, 9.17) is 4.74 Å². The van der Waals surface area contributed by atoms with E-state index in [1.165, 1.54) is 18.2 Å². The lowest BCUT2D eigenvalue weighted by molar-refractivity contribution is -0.142. The van der Waals surface area contributed by atoms with Gasteiger partial charge in [0.2, 0.25) is 0 Å². The van der Waals surface area contributed by atoms with Gasteiger partial charge in [-0.3, -0.25) is 0 Å². The van der Waals surface area contributed by atoms with E-state index in [2.05, 4.69) is 23.0 Å². The highest BCUT2D eigenvalue weighted by atomic mass is 16.6. The molecule has 0 amide bonds. The van der Waals surface area contributed by atoms with Crippen LogP contribution in [0.5, 0.6) is 5.75 Å². The van der Waals surface area contributed by atoms with Crippen molar-refractivity contribution >= 4 is 5.97 Å². The summed E-state index contributed by atoms with van der Waals surface area (Å²) >= 11 is 0. The Kier molecular flexibility index (Phi) is 4.80. The maximum atomic E-state index is 11.0. The van der Waals surface area contributed by atoms with Gasteiger partial charge in [0.1, 0.15) is 5.75 Å². The highest BCUT2D eigenvalue weighted by molar-refractivity contribution is 5.70. The van der Waals surface area contributed by atoms with Gasteiger partial charge in [-0.15, -0.1) is 0 Å². The summed E-state index contributed by atoms with van der Waals surface area (Å²) in [5.41, 5.74) is 2.68. The van der Waals surface area contributed by atoms with Crippen LogP contribution in [0.15, 0.2) is 18.2 Å². The van der Waals surface area contributed by atoms with Crippen molar-refractivity contribution in [3.8, 4) is 5.75 Å². The van der Waals surface area contributed by atoms with Crippen molar-refractivity contribution < 1.29 is 14.3 Å². The van der Waals surface area contributed by atoms with Crippen molar-refractivity contribution in [2.75, 3.05) is 20.3 Å². The molecule has 19 heavy (non-hydrogen) atoms. The van der Waals surface area contributed by atoms with Crippen LogP contribution in [-0.4, -0.2) is 26.2 Å². The molecule has 0 heterocycles. The molecule has 1 aliphatic rings. The van der Waals surface area contributed by atoms with Crippen LogP contribution in [0.2, 0.25) is 0 Å². The van der Waals surface area contributed by atoms with Crippen molar-refractivity contribution in [1.29, 1.82) is 0 Å². The SMILES string of the molecule is CCCNC1CCc2cc(OCC(=O)OC)ccc21. The third kappa shape index (κ3) is 3.47. The zero-order valence-electron chi connectivity index (χ0n) is 11.6. The first-order valence-corrected chi connectivity index (χ1v) is 6.80. The summed E-state index contributed by atoms with van der Waals surface area (Å²) in [6.07, 6.45) is 3.34. The van der Waals surface area contributed by atoms with Crippen molar-refractivity contribution in [2.24, 2.45) is 0 Å². The molecule has 0 radical (unpaired) electrons. The second kappa shape index (κ2) is 6.57. The molecule has 2 rings (SSSR count). The fourth-order valence-electron chi connectivity index (χ4n) is 2.42. The molecule has 1 atom stereocenters. The molecule has 0 saturated heterocycles. The molecule has 0 aromatic heterocycles. The van der Waals surface area contributed by atoms with Crippen molar-refractivity contribution in [3.05, 3.63) is 29.3 Å². The average Bonchev–Trinajstić information content (AvgIpc) is 2.84. The molecule has 1 aliphatic carbocycles. The van der Waals surface area contributed by atoms with Crippen LogP contribution in [-0.2, 0) is 16.0 Å². The van der Waals surface area contributed by atoms with Gasteiger partial charge < -0.3 is 14.8 Å². The van der Waals surface area contributed by atoms with E-state index in [1.54, 1.807) is 0 Å². The molecule has 1 aromatic carbocycles. The van der Waals surface area contributed by atoms with Crippen molar-refractivity contribution in [3.63, 3.8) is 0 Å². The minimum absolute atomic E-state index is 0.0349. The Balaban J connectivity index is 1.99. The highest BCUT2D eigenvalue weighted by Gasteiger charge is 2.22. The van der Waals surface area contributed by atoms with Gasteiger partial charge in [0.15, 0.2) is 6.61 Å². The summed E-state index contributed by atoms with van der Waals surface area (Å²) in [7, 11) is 1.36. The highest BCUT2D eigenvalue weighted by Crippen LogP contribution is 2.33. The van der Waals surface area contributed by atoms with E-state index < -0.39 is 0 Å². The fraction of sp³-hybridized carbons (Fsp3) is 0.533. The molecular formula is C15H21NO3. The average molecular weight is 263 g/mol. The number of hydrogen-bond acceptors (Lipinski definition) is 4. The van der Waals surface area contributed by atoms with Crippen LogP contribution >= 0.6 is 0 Å². The maximum absolute atomic E-state index is 11.0. The minimum atomic E-state index is -0.358. The predicted octanol–water partition coefficient (Wildman–Crippen LogP) is 2.23. The Labute approximate surface area is 114 Å². The number of aryl methyl sites for hydroxylation is 1. The fourth-order valence-corrected chi connectivity index (χ4v) is 2.42. The normalized spacial score (nSPS) is 17.1. The second-order valence-corrected chi connectivity index (χ2v) is 4.77. The number of benzene rings is 1. The lowest BCUT2D eigenvalue weighted by Crippen LogP contribution is -2.19. The van der Waals surface area contributed by atoms with Crippen LogP contribution in [0.4, 0.5) is 0 Å². The third-order valence-electron chi connectivity index (χ3n) is 3.42. The van der Waals surface area contributed by atoms with Crippen molar-refractivity contribution in [2.45, 2.75) is 32.2 Å². The van der Waals surface area contributed by atoms with Crippen LogP contribution in [0.25, 0.3) is 0 Å². The largest absolute Gasteiger partial charge is 0.482 e. The molecule has 0 aliphatic heterocycles. The quantitative estimate of drug-likeness (QED) is 0.800. The molecule has 0 bridgehead atoms. The van der Waals surface area contributed by atoms with E-state index in [-0.39, 0.29) is 12.6 Å². The number of carbonyl (C=O) groups is 1. The van der Waals surface area contributed by atoms with Crippen LogP contribution in [0.1, 0.15) is 36.9 Å². The molecule has 4 nitrogen and oxygen atoms in total. The summed E-state index contributed by atoms with van der Waals surface area (Å²) < 4.78 is 9.96. The van der Waals surface area contributed by atoms with Gasteiger partial charge in [0.05, 0.1) is 7.11 Å². The molecular weight excluding hydrogens is 242 g/mol. The lowest BCUT2D eigenvalue weighted by Gasteiger charge is -2.13. The molecule has 0 fully saturated rings. The Bertz CT molecular complexity index is 445. The first kappa shape index (κ1) is 13.9. The summed E-state index contributed by atoms with van der Waals surface area (Å²) in [5.74, 6) is 0.378. The van der Waals surface area contributed by atoms with Gasteiger partial charge in [-0.25, -0.2) is 4.79 Å². The Morgan fingerprint density at radius 2 is 2.32 bits per heavy atom. The zero-order chi connectivity index (χ0) is 13.7. The second-order valence-electron chi connectivity index (χ2n) is 4.77. The first-order chi connectivity index (χ1) is 9.24. The molecule has 0 saturated carbocycles. The van der Waals surface area contributed by atoms with Gasteiger partial charge in [-0.1, -0.05) is 13.0 Å². The summed E-state index contributed by atoms with van der Waals surface area (Å²) in [5, 5.41) is 3.55. The zero-order valence-corrected chi connectivity index (χ0v) is 11.6. The van der Waals surface area contributed by atoms with Crippen molar-refractivity contribution in [1.82, 2.24) is 5.32 Å². The molecule has 1 aromatic rings. The van der Waals surface area contributed by atoms with E-state index in [0.717, 1.165) is 31.6 Å². The number of hydrogen-bond donors (Lipinski definition) is 1. The van der Waals surface area contributed by atoms with E-state index in [9.17, 15) is 4.79 Å². The molecule has 4 heteroatoms. The Hall–Kier alpha value is -1.55. The topological polar surface area (TPSA) is 47.6 Å². The number of ether oxygens (including phenoxy) is 2. The lowest BCUT2D eigenvalue weighted by atomic mass is 10.1. The number of nitrogens with one attached hydrogen (secondary N) is 1. The summed E-state index contributed by atoms with van der Waals surface area (Å²) in [6, 6.07) is 6.52. The Morgan fingerprint density at radius 1 is 1.47 bits per heavy atom. The molecule has 0 spiro atoms. The third-order valence-corrected chi connectivity index (χ3v) is 3.42. The predicted molar refractivity (Wildman–Crippen MR) is 73.3 cm³/mol. The van der Waals surface area contributed by atoms with Gasteiger partial charge in [-0.2, -0.15) is 0 Å². The molecule has 1 N–H and O–H groups in total. The van der Waals surface area contributed by atoms with Gasteiger partial charge >= 0.3 is 5.97 Å². The van der Waals surface area contributed by atoms with Crippen LogP contribution in [0.3, 0.4) is 0 Å². The van der Waals surface area contributed by atoms with Gasteiger partial charge in [0.25, 0.3) is 0 Å². The number of esters is 1. The number of carbonyl (C=O) groups excluding carboxylic acids is 1. The standard InChI is InChI=1S/C15H21NO3/c1-3-8-16-14-7-4-11-9-12(5-6-13(11)14)19-10-15(17)18-2/h5-6,9,14,16H,3-4,7-8,10H2,1-2H3. The smallest absolute Gasteiger partial charge is 0.343 e. The first-order valence-electron chi connectivity index (χ1n) is 6.80. The van der Waals surface area contributed by atoms with Gasteiger partial charge in [0, 0.05) is 6.04 Å². The van der Waals surface area contributed by atoms with E-state index >= 15 is 0 Å². The monoisotopic (exact) mass is 263 g/mol. The summed E-state index contributed by atoms with van der Waals surface area (Å²) in [6.45, 7) is 3.18. The Morgan fingerprint density at radius 3 is 3.05 bits per heavy atom. The van der Waals surface area contributed by atoms with E-state index in [1.807, 2.05) is 12.1 Å². The number of fused-ring (bicyclic) bond motifs is 1. The molecule has 1 unspecified atom stereocenters. The maximum Gasteiger partial charge on any atom is 0.343 e. The van der Waals surface area contributed by atoms with E-state index in [0.29, 0.717) is 6.04 Å². The van der Waals surface area contributed by atoms with Gasteiger partial charge in [-0.05, 0) is 49.1 Å². The molecule has 104 valence electrons. The summed E-state index contributed by atoms with van der Waals surface area (Å²) in [4.78, 5) is 11.0. The minimum Gasteiger partial charge on any atom is -0.482 e. The number of rotatable bonds is 6. The van der Waals surface area contributed by atoms with Crippen LogP contribution in [0, 0.1) is 0 Å². The van der Waals surface area contributed by atoms with Crippen LogP contribution < -0.4 is 10.1 Å².